The van der Waals surface area contributed by atoms with Crippen LogP contribution in [0.2, 0.25) is 0 Å². The molecular weight excluding hydrogens is 530 g/mol. The number of methoxy groups -OCH3 is 1. The van der Waals surface area contributed by atoms with Gasteiger partial charge in [-0.05, 0) is 62.0 Å². The third-order valence-electron chi connectivity index (χ3n) is 7.07. The minimum atomic E-state index is -3.85. The predicted molar refractivity (Wildman–Crippen MR) is 154 cm³/mol. The Labute approximate surface area is 236 Å². The van der Waals surface area contributed by atoms with Gasteiger partial charge in [0.2, 0.25) is 0 Å². The molecule has 0 aliphatic carbocycles. The number of carbonyl (C=O) groups is 1. The molecule has 0 radical (unpaired) electrons. The van der Waals surface area contributed by atoms with E-state index < -0.39 is 16.1 Å². The van der Waals surface area contributed by atoms with Gasteiger partial charge in [0.25, 0.3) is 15.9 Å². The van der Waals surface area contributed by atoms with Crippen LogP contribution in [0.25, 0.3) is 0 Å². The molecule has 1 amide bonds. The highest BCUT2D eigenvalue weighted by Crippen LogP contribution is 2.31. The summed E-state index contributed by atoms with van der Waals surface area (Å²) in [5.41, 5.74) is 1.62. The number of carbonyl (C=O) groups excluding carboxylic acids is 1. The summed E-state index contributed by atoms with van der Waals surface area (Å²) in [6.45, 7) is 5.28. The lowest BCUT2D eigenvalue weighted by atomic mass is 9.99. The lowest BCUT2D eigenvalue weighted by molar-refractivity contribution is 0.0341. The number of sulfonamides is 1. The molecule has 3 aromatic carbocycles. The van der Waals surface area contributed by atoms with Crippen LogP contribution in [0.1, 0.15) is 29.8 Å². The highest BCUT2D eigenvalue weighted by atomic mass is 32.2. The van der Waals surface area contributed by atoms with E-state index in [0.29, 0.717) is 25.4 Å². The van der Waals surface area contributed by atoms with Gasteiger partial charge >= 0.3 is 0 Å². The molecule has 0 unspecified atom stereocenters. The number of aliphatic hydroxyl groups excluding tert-OH is 1. The molecule has 3 aromatic rings. The van der Waals surface area contributed by atoms with E-state index in [1.165, 1.54) is 18.2 Å². The first kappa shape index (κ1) is 29.4. The van der Waals surface area contributed by atoms with Crippen molar-refractivity contribution in [3.8, 4) is 11.5 Å². The summed E-state index contributed by atoms with van der Waals surface area (Å²) in [5.74, 6) is 0.806. The zero-order chi connectivity index (χ0) is 28.9. The van der Waals surface area contributed by atoms with Crippen LogP contribution in [0.5, 0.6) is 11.5 Å². The number of nitrogens with one attached hydrogen (secondary N) is 1. The number of anilines is 1. The van der Waals surface area contributed by atoms with Crippen molar-refractivity contribution < 1.29 is 27.8 Å². The Hall–Kier alpha value is -3.60. The van der Waals surface area contributed by atoms with E-state index in [4.69, 9.17) is 9.47 Å². The minimum absolute atomic E-state index is 0.0410. The SMILES string of the molecule is COc1ccc(CN(C)C[C@@H]2Oc3ccc(NS(=O)(=O)c4ccccc4)cc3C(=O)N([C@@H](C)CO)C[C@@H]2C)cc1. The summed E-state index contributed by atoms with van der Waals surface area (Å²) in [4.78, 5) is 17.6. The van der Waals surface area contributed by atoms with Gasteiger partial charge in [-0.2, -0.15) is 0 Å². The number of benzene rings is 3. The number of aliphatic hydroxyl groups is 1. The summed E-state index contributed by atoms with van der Waals surface area (Å²) in [7, 11) is -0.195. The van der Waals surface area contributed by atoms with Crippen molar-refractivity contribution >= 4 is 21.6 Å². The Kier molecular flexibility index (Phi) is 9.34. The second-order valence-electron chi connectivity index (χ2n) is 10.3. The average molecular weight is 568 g/mol. The average Bonchev–Trinajstić information content (AvgIpc) is 2.95. The lowest BCUT2D eigenvalue weighted by Crippen LogP contribution is -2.49. The lowest BCUT2D eigenvalue weighted by Gasteiger charge is -2.38. The largest absolute Gasteiger partial charge is 0.497 e. The Balaban J connectivity index is 1.61. The van der Waals surface area contributed by atoms with Gasteiger partial charge < -0.3 is 19.5 Å². The van der Waals surface area contributed by atoms with E-state index in [2.05, 4.69) is 9.62 Å². The van der Waals surface area contributed by atoms with Gasteiger partial charge in [0.15, 0.2) is 0 Å². The topological polar surface area (TPSA) is 108 Å². The molecular formula is C30H37N3O6S. The van der Waals surface area contributed by atoms with E-state index in [1.54, 1.807) is 49.3 Å². The highest BCUT2D eigenvalue weighted by Gasteiger charge is 2.33. The van der Waals surface area contributed by atoms with Gasteiger partial charge in [-0.15, -0.1) is 0 Å². The first-order valence-electron chi connectivity index (χ1n) is 13.2. The number of amides is 1. The van der Waals surface area contributed by atoms with Crippen molar-refractivity contribution in [3.63, 3.8) is 0 Å². The van der Waals surface area contributed by atoms with Crippen molar-refractivity contribution in [2.75, 3.05) is 38.6 Å². The minimum Gasteiger partial charge on any atom is -0.497 e. The number of hydrogen-bond acceptors (Lipinski definition) is 7. The zero-order valence-electron chi connectivity index (χ0n) is 23.3. The van der Waals surface area contributed by atoms with Gasteiger partial charge in [0.05, 0.1) is 30.2 Å². The molecule has 1 heterocycles. The fourth-order valence-corrected chi connectivity index (χ4v) is 5.80. The number of nitrogens with zero attached hydrogens (tertiary/aromatic N) is 2. The number of likely N-dealkylation sites (N-methyl/N-ethyl adjacent to an activating group) is 1. The van der Waals surface area contributed by atoms with Gasteiger partial charge in [-0.3, -0.25) is 14.4 Å². The molecule has 40 heavy (non-hydrogen) atoms. The summed E-state index contributed by atoms with van der Waals surface area (Å²) in [6.07, 6.45) is -0.268. The molecule has 2 N–H and O–H groups in total. The van der Waals surface area contributed by atoms with Crippen molar-refractivity contribution in [1.82, 2.24) is 9.80 Å². The fraction of sp³-hybridized carbons (Fsp3) is 0.367. The molecule has 0 fully saturated rings. The van der Waals surface area contributed by atoms with E-state index in [9.17, 15) is 18.3 Å². The number of rotatable bonds is 10. The fourth-order valence-electron chi connectivity index (χ4n) is 4.73. The Morgan fingerprint density at radius 2 is 1.82 bits per heavy atom. The summed E-state index contributed by atoms with van der Waals surface area (Å²) < 4.78 is 40.1. The molecule has 9 nitrogen and oxygen atoms in total. The van der Waals surface area contributed by atoms with E-state index in [-0.39, 0.29) is 40.7 Å². The Morgan fingerprint density at radius 3 is 2.48 bits per heavy atom. The van der Waals surface area contributed by atoms with Crippen LogP contribution in [0.3, 0.4) is 0 Å². The normalized spacial score (nSPS) is 18.4. The molecule has 0 saturated heterocycles. The number of hydrogen-bond donors (Lipinski definition) is 2. The van der Waals surface area contributed by atoms with Crippen LogP contribution in [0.15, 0.2) is 77.7 Å². The van der Waals surface area contributed by atoms with E-state index in [1.807, 2.05) is 38.2 Å². The van der Waals surface area contributed by atoms with Gasteiger partial charge in [0, 0.05) is 31.2 Å². The molecule has 0 saturated carbocycles. The molecule has 0 bridgehead atoms. The molecule has 4 rings (SSSR count). The van der Waals surface area contributed by atoms with Crippen LogP contribution < -0.4 is 14.2 Å². The number of ether oxygens (including phenoxy) is 2. The Bertz CT molecular complexity index is 1400. The maximum atomic E-state index is 13.7. The van der Waals surface area contributed by atoms with Crippen molar-refractivity contribution in [1.29, 1.82) is 0 Å². The molecule has 3 atom stereocenters. The smallest absolute Gasteiger partial charge is 0.261 e. The molecule has 214 valence electrons. The third kappa shape index (κ3) is 6.93. The first-order chi connectivity index (χ1) is 19.1. The van der Waals surface area contributed by atoms with Crippen LogP contribution in [0, 0.1) is 5.92 Å². The summed E-state index contributed by atoms with van der Waals surface area (Å²) in [5, 5.41) is 9.91. The van der Waals surface area contributed by atoms with Crippen molar-refractivity contribution in [3.05, 3.63) is 83.9 Å². The molecule has 10 heteroatoms. The zero-order valence-corrected chi connectivity index (χ0v) is 24.1. The van der Waals surface area contributed by atoms with Crippen molar-refractivity contribution in [2.45, 2.75) is 37.4 Å². The maximum absolute atomic E-state index is 13.7. The third-order valence-corrected chi connectivity index (χ3v) is 8.47. The van der Waals surface area contributed by atoms with E-state index >= 15 is 0 Å². The molecule has 0 spiro atoms. The highest BCUT2D eigenvalue weighted by molar-refractivity contribution is 7.92. The van der Waals surface area contributed by atoms with Crippen LogP contribution in [-0.4, -0.2) is 75.2 Å². The second kappa shape index (κ2) is 12.7. The van der Waals surface area contributed by atoms with Crippen LogP contribution >= 0.6 is 0 Å². The van der Waals surface area contributed by atoms with Gasteiger partial charge in [0.1, 0.15) is 17.6 Å². The number of fused-ring (bicyclic) bond motifs is 1. The van der Waals surface area contributed by atoms with Crippen molar-refractivity contribution in [2.24, 2.45) is 5.92 Å². The van der Waals surface area contributed by atoms with E-state index in [0.717, 1.165) is 11.3 Å². The molecule has 1 aliphatic rings. The van der Waals surface area contributed by atoms with Gasteiger partial charge in [-0.25, -0.2) is 8.42 Å². The van der Waals surface area contributed by atoms with Crippen LogP contribution in [0.4, 0.5) is 5.69 Å². The maximum Gasteiger partial charge on any atom is 0.261 e. The van der Waals surface area contributed by atoms with Crippen LogP contribution in [-0.2, 0) is 16.6 Å². The monoisotopic (exact) mass is 567 g/mol. The predicted octanol–water partition coefficient (Wildman–Crippen LogP) is 3.85. The first-order valence-corrected chi connectivity index (χ1v) is 14.7. The second-order valence-corrected chi connectivity index (χ2v) is 12.0. The molecule has 1 aliphatic heterocycles. The van der Waals surface area contributed by atoms with Gasteiger partial charge in [-0.1, -0.05) is 37.3 Å². The molecule has 0 aromatic heterocycles. The Morgan fingerprint density at radius 1 is 1.12 bits per heavy atom. The summed E-state index contributed by atoms with van der Waals surface area (Å²) >= 11 is 0. The summed E-state index contributed by atoms with van der Waals surface area (Å²) in [6, 6.07) is 20.2. The standard InChI is InChI=1S/C30H37N3O6S/c1-21-17-33(22(2)20-34)30(35)27-16-24(31-40(36,37)26-8-6-5-7-9-26)12-15-28(27)39-29(21)19-32(3)18-23-10-13-25(38-4)14-11-23/h5-16,21-22,29,31,34H,17-20H2,1-4H3/t21-,22-,29-/m0/s1. The quantitative estimate of drug-likeness (QED) is 0.383.